The molecule has 0 aromatic heterocycles. The topological polar surface area (TPSA) is 126 Å². The van der Waals surface area contributed by atoms with Crippen molar-refractivity contribution in [3.05, 3.63) is 54.1 Å². The van der Waals surface area contributed by atoms with Crippen molar-refractivity contribution in [1.82, 2.24) is 15.5 Å². The SMILES string of the molecule is CC1(c2ccccc2)NC(=O)N(CC(=O)NC(=O)Nc2ccc3c(c2)OCCO3)C1=O. The number of hydrogen-bond donors (Lipinski definition) is 3. The van der Waals surface area contributed by atoms with Crippen LogP contribution in [0.1, 0.15) is 12.5 Å². The van der Waals surface area contributed by atoms with Crippen molar-refractivity contribution >= 4 is 29.6 Å². The molecule has 0 radical (unpaired) electrons. The van der Waals surface area contributed by atoms with Crippen molar-refractivity contribution in [2.24, 2.45) is 0 Å². The zero-order valence-corrected chi connectivity index (χ0v) is 16.6. The van der Waals surface area contributed by atoms with Gasteiger partial charge < -0.3 is 20.1 Å². The van der Waals surface area contributed by atoms with Gasteiger partial charge >= 0.3 is 12.1 Å². The molecule has 0 aliphatic carbocycles. The molecule has 2 aromatic rings. The molecule has 31 heavy (non-hydrogen) atoms. The van der Waals surface area contributed by atoms with E-state index in [9.17, 15) is 19.2 Å². The van der Waals surface area contributed by atoms with Crippen LogP contribution in [0.25, 0.3) is 0 Å². The lowest BCUT2D eigenvalue weighted by Crippen LogP contribution is -2.45. The van der Waals surface area contributed by atoms with Crippen LogP contribution in [-0.2, 0) is 15.1 Å². The van der Waals surface area contributed by atoms with Crippen LogP contribution >= 0.6 is 0 Å². The predicted octanol–water partition coefficient (Wildman–Crippen LogP) is 1.57. The van der Waals surface area contributed by atoms with Crippen molar-refractivity contribution in [2.75, 3.05) is 25.1 Å². The van der Waals surface area contributed by atoms with Crippen LogP contribution in [0.5, 0.6) is 11.5 Å². The summed E-state index contributed by atoms with van der Waals surface area (Å²) in [5.74, 6) is -0.342. The first-order chi connectivity index (χ1) is 14.9. The summed E-state index contributed by atoms with van der Waals surface area (Å²) in [5.41, 5.74) is -0.305. The molecule has 2 aliphatic rings. The van der Waals surface area contributed by atoms with E-state index in [4.69, 9.17) is 9.47 Å². The number of ether oxygens (including phenoxy) is 2. The lowest BCUT2D eigenvalue weighted by Gasteiger charge is -2.22. The van der Waals surface area contributed by atoms with Gasteiger partial charge in [0.25, 0.3) is 5.91 Å². The largest absolute Gasteiger partial charge is 0.486 e. The van der Waals surface area contributed by atoms with Crippen LogP contribution in [0, 0.1) is 0 Å². The Hall–Kier alpha value is -4.08. The molecule has 160 valence electrons. The Kier molecular flexibility index (Phi) is 5.20. The van der Waals surface area contributed by atoms with Gasteiger partial charge in [-0.2, -0.15) is 0 Å². The lowest BCUT2D eigenvalue weighted by molar-refractivity contribution is -0.134. The minimum Gasteiger partial charge on any atom is -0.486 e. The van der Waals surface area contributed by atoms with E-state index in [2.05, 4.69) is 16.0 Å². The Morgan fingerprint density at radius 1 is 1.06 bits per heavy atom. The van der Waals surface area contributed by atoms with Gasteiger partial charge in [-0.05, 0) is 24.6 Å². The fraction of sp³-hybridized carbons (Fsp3) is 0.238. The first-order valence-electron chi connectivity index (χ1n) is 9.57. The highest BCUT2D eigenvalue weighted by Gasteiger charge is 2.49. The third-order valence-corrected chi connectivity index (χ3v) is 4.98. The Bertz CT molecular complexity index is 1060. The molecule has 1 unspecified atom stereocenters. The van der Waals surface area contributed by atoms with Crippen LogP contribution < -0.4 is 25.4 Å². The van der Waals surface area contributed by atoms with Gasteiger partial charge in [0.1, 0.15) is 25.3 Å². The summed E-state index contributed by atoms with van der Waals surface area (Å²) in [6, 6.07) is 12.0. The van der Waals surface area contributed by atoms with E-state index in [0.29, 0.717) is 36.0 Å². The van der Waals surface area contributed by atoms with Crippen LogP contribution in [0.4, 0.5) is 15.3 Å². The van der Waals surface area contributed by atoms with Gasteiger partial charge in [0.15, 0.2) is 11.5 Å². The average Bonchev–Trinajstić information content (AvgIpc) is 2.98. The number of benzene rings is 2. The molecule has 0 bridgehead atoms. The zero-order valence-electron chi connectivity index (χ0n) is 16.6. The zero-order chi connectivity index (χ0) is 22.0. The van der Waals surface area contributed by atoms with Gasteiger partial charge in [-0.1, -0.05) is 30.3 Å². The second kappa shape index (κ2) is 7.98. The second-order valence-electron chi connectivity index (χ2n) is 7.17. The monoisotopic (exact) mass is 424 g/mol. The molecule has 3 N–H and O–H groups in total. The summed E-state index contributed by atoms with van der Waals surface area (Å²) in [4.78, 5) is 50.3. The van der Waals surface area contributed by atoms with Gasteiger partial charge in [0.05, 0.1) is 0 Å². The Morgan fingerprint density at radius 3 is 2.52 bits per heavy atom. The number of imide groups is 2. The number of rotatable bonds is 4. The van der Waals surface area contributed by atoms with E-state index in [1.54, 1.807) is 55.5 Å². The van der Waals surface area contributed by atoms with E-state index >= 15 is 0 Å². The number of nitrogens with zero attached hydrogens (tertiary/aromatic N) is 1. The smallest absolute Gasteiger partial charge is 0.325 e. The van der Waals surface area contributed by atoms with Crippen LogP contribution in [-0.4, -0.2) is 48.5 Å². The molecule has 10 heteroatoms. The molecule has 1 atom stereocenters. The quantitative estimate of drug-likeness (QED) is 0.640. The average molecular weight is 424 g/mol. The van der Waals surface area contributed by atoms with Crippen molar-refractivity contribution in [1.29, 1.82) is 0 Å². The van der Waals surface area contributed by atoms with Crippen molar-refractivity contribution in [3.63, 3.8) is 0 Å². The summed E-state index contributed by atoms with van der Waals surface area (Å²) in [7, 11) is 0. The summed E-state index contributed by atoms with van der Waals surface area (Å²) >= 11 is 0. The molecule has 2 aromatic carbocycles. The molecule has 0 saturated carbocycles. The van der Waals surface area contributed by atoms with E-state index < -0.39 is 36.0 Å². The second-order valence-corrected chi connectivity index (χ2v) is 7.17. The third kappa shape index (κ3) is 4.00. The van der Waals surface area contributed by atoms with Crippen LogP contribution in [0.3, 0.4) is 0 Å². The van der Waals surface area contributed by atoms with Crippen LogP contribution in [0.15, 0.2) is 48.5 Å². The normalized spacial score (nSPS) is 19.6. The molecule has 0 spiro atoms. The highest BCUT2D eigenvalue weighted by Crippen LogP contribution is 2.32. The van der Waals surface area contributed by atoms with Gasteiger partial charge in [0.2, 0.25) is 5.91 Å². The molecular formula is C21H20N4O6. The summed E-state index contributed by atoms with van der Waals surface area (Å²) < 4.78 is 10.9. The molecule has 2 aliphatic heterocycles. The highest BCUT2D eigenvalue weighted by molar-refractivity contribution is 6.10. The fourth-order valence-corrected chi connectivity index (χ4v) is 3.40. The standard InChI is InChI=1S/C21H20N4O6/c1-21(13-5-3-2-4-6-13)18(27)25(20(29)24-21)12-17(26)23-19(28)22-14-7-8-15-16(11-14)31-10-9-30-15/h2-8,11H,9-10,12H2,1H3,(H,24,29)(H2,22,23,26,28). The molecule has 2 heterocycles. The van der Waals surface area contributed by atoms with Gasteiger partial charge in [-0.15, -0.1) is 0 Å². The number of amides is 6. The van der Waals surface area contributed by atoms with E-state index in [1.807, 2.05) is 0 Å². The maximum Gasteiger partial charge on any atom is 0.325 e. The number of carbonyl (C=O) groups excluding carboxylic acids is 4. The molecule has 6 amide bonds. The summed E-state index contributed by atoms with van der Waals surface area (Å²) in [6.07, 6.45) is 0. The minimum atomic E-state index is -1.29. The summed E-state index contributed by atoms with van der Waals surface area (Å²) in [6.45, 7) is 1.81. The molecule has 4 rings (SSSR count). The fourth-order valence-electron chi connectivity index (χ4n) is 3.40. The maximum atomic E-state index is 12.8. The third-order valence-electron chi connectivity index (χ3n) is 4.98. The Balaban J connectivity index is 1.37. The molecule has 1 saturated heterocycles. The number of anilines is 1. The maximum absolute atomic E-state index is 12.8. The number of hydrogen-bond acceptors (Lipinski definition) is 6. The Labute approximate surface area is 177 Å². The van der Waals surface area contributed by atoms with E-state index in [-0.39, 0.29) is 0 Å². The van der Waals surface area contributed by atoms with E-state index in [1.165, 1.54) is 0 Å². The first-order valence-corrected chi connectivity index (χ1v) is 9.57. The van der Waals surface area contributed by atoms with E-state index in [0.717, 1.165) is 4.90 Å². The van der Waals surface area contributed by atoms with Crippen LogP contribution in [0.2, 0.25) is 0 Å². The number of nitrogens with one attached hydrogen (secondary N) is 3. The van der Waals surface area contributed by atoms with Crippen molar-refractivity contribution < 1.29 is 28.7 Å². The molecule has 10 nitrogen and oxygen atoms in total. The van der Waals surface area contributed by atoms with Crippen molar-refractivity contribution in [3.8, 4) is 11.5 Å². The van der Waals surface area contributed by atoms with Crippen molar-refractivity contribution in [2.45, 2.75) is 12.5 Å². The number of carbonyl (C=O) groups is 4. The number of fused-ring (bicyclic) bond motifs is 1. The number of urea groups is 2. The first kappa shape index (κ1) is 20.2. The highest BCUT2D eigenvalue weighted by atomic mass is 16.6. The molecule has 1 fully saturated rings. The predicted molar refractivity (Wildman–Crippen MR) is 109 cm³/mol. The summed E-state index contributed by atoms with van der Waals surface area (Å²) in [5, 5.41) is 7.22. The lowest BCUT2D eigenvalue weighted by atomic mass is 9.92. The van der Waals surface area contributed by atoms with Gasteiger partial charge in [0, 0.05) is 11.8 Å². The van der Waals surface area contributed by atoms with Gasteiger partial charge in [-0.25, -0.2) is 9.59 Å². The van der Waals surface area contributed by atoms with Gasteiger partial charge in [-0.3, -0.25) is 19.8 Å². The minimum absolute atomic E-state index is 0.390. The molecular weight excluding hydrogens is 404 g/mol. The Morgan fingerprint density at radius 2 is 1.77 bits per heavy atom.